The van der Waals surface area contributed by atoms with Crippen LogP contribution in [0.5, 0.6) is 0 Å². The van der Waals surface area contributed by atoms with E-state index < -0.39 is 0 Å². The molecule has 2 aliphatic heterocycles. The number of morpholine rings is 1. The van der Waals surface area contributed by atoms with Crippen LogP contribution in [0.25, 0.3) is 0 Å². The van der Waals surface area contributed by atoms with E-state index in [4.69, 9.17) is 9.73 Å². The van der Waals surface area contributed by atoms with E-state index in [1.54, 1.807) is 6.20 Å². The third kappa shape index (κ3) is 5.03. The molecule has 2 saturated heterocycles. The second-order valence-electron chi connectivity index (χ2n) is 7.09. The fraction of sp³-hybridized carbons (Fsp3) is 0.500. The van der Waals surface area contributed by atoms with Gasteiger partial charge in [0.2, 0.25) is 0 Å². The highest BCUT2D eigenvalue weighted by Gasteiger charge is 2.41. The van der Waals surface area contributed by atoms with Crippen LogP contribution in [0.3, 0.4) is 0 Å². The van der Waals surface area contributed by atoms with Gasteiger partial charge in [0.25, 0.3) is 0 Å². The first-order chi connectivity index (χ1) is 13.3. The molecule has 8 heteroatoms. The highest BCUT2D eigenvalue weighted by atomic mass is 127. The van der Waals surface area contributed by atoms with Crippen LogP contribution in [-0.2, 0) is 17.8 Å². The summed E-state index contributed by atoms with van der Waals surface area (Å²) in [6, 6.07) is 13.1. The molecule has 7 nitrogen and oxygen atoms in total. The number of nitrogens with zero attached hydrogens (tertiary/aromatic N) is 4. The van der Waals surface area contributed by atoms with E-state index in [0.717, 1.165) is 51.0 Å². The summed E-state index contributed by atoms with van der Waals surface area (Å²) < 4.78 is 6.10. The number of ether oxygens (including phenoxy) is 1. The minimum Gasteiger partial charge on any atom is -0.373 e. The number of aromatic nitrogens is 2. The third-order valence-corrected chi connectivity index (χ3v) is 5.24. The highest BCUT2D eigenvalue weighted by Crippen LogP contribution is 2.24. The van der Waals surface area contributed by atoms with Crippen LogP contribution in [0.15, 0.2) is 47.6 Å². The van der Waals surface area contributed by atoms with Gasteiger partial charge in [-0.2, -0.15) is 5.10 Å². The molecule has 0 aliphatic carbocycles. The third-order valence-electron chi connectivity index (χ3n) is 5.24. The maximum Gasteiger partial charge on any atom is 0.194 e. The Balaban J connectivity index is 0.00000225. The van der Waals surface area contributed by atoms with E-state index in [2.05, 4.69) is 62.6 Å². The van der Waals surface area contributed by atoms with Crippen LogP contribution in [0.2, 0.25) is 0 Å². The minimum absolute atomic E-state index is 0. The molecule has 28 heavy (non-hydrogen) atoms. The summed E-state index contributed by atoms with van der Waals surface area (Å²) in [5, 5.41) is 10.4. The molecule has 2 aromatic rings. The lowest BCUT2D eigenvalue weighted by Gasteiger charge is -2.36. The molecule has 0 radical (unpaired) electrons. The van der Waals surface area contributed by atoms with E-state index in [-0.39, 0.29) is 30.1 Å². The zero-order valence-electron chi connectivity index (χ0n) is 16.3. The van der Waals surface area contributed by atoms with Crippen molar-refractivity contribution in [2.75, 3.05) is 32.8 Å². The Morgan fingerprint density at radius 3 is 2.89 bits per heavy atom. The topological polar surface area (TPSA) is 68.8 Å². The van der Waals surface area contributed by atoms with Crippen molar-refractivity contribution < 1.29 is 4.74 Å². The Bertz CT molecular complexity index is 738. The van der Waals surface area contributed by atoms with Crippen LogP contribution in [0, 0.1) is 0 Å². The summed E-state index contributed by atoms with van der Waals surface area (Å²) in [7, 11) is 0. The van der Waals surface area contributed by atoms with Crippen LogP contribution in [0.1, 0.15) is 18.2 Å². The van der Waals surface area contributed by atoms with Crippen LogP contribution in [-0.4, -0.2) is 70.9 Å². The lowest BCUT2D eigenvalue weighted by Crippen LogP contribution is -2.50. The molecule has 0 amide bonds. The molecule has 2 aliphatic rings. The molecule has 0 bridgehead atoms. The second-order valence-corrected chi connectivity index (χ2v) is 7.09. The molecule has 0 spiro atoms. The Kier molecular flexibility index (Phi) is 7.69. The van der Waals surface area contributed by atoms with Crippen molar-refractivity contribution >= 4 is 29.9 Å². The van der Waals surface area contributed by atoms with Gasteiger partial charge in [0.15, 0.2) is 5.96 Å². The Morgan fingerprint density at radius 1 is 1.29 bits per heavy atom. The van der Waals surface area contributed by atoms with Gasteiger partial charge in [-0.05, 0) is 18.6 Å². The number of guanidine groups is 1. The summed E-state index contributed by atoms with van der Waals surface area (Å²) in [5.41, 5.74) is 2.38. The molecule has 1 aromatic heterocycles. The number of nitrogens with one attached hydrogen (secondary N) is 2. The number of benzene rings is 1. The molecule has 0 saturated carbocycles. The Morgan fingerprint density at radius 2 is 2.14 bits per heavy atom. The van der Waals surface area contributed by atoms with Crippen molar-refractivity contribution in [3.8, 4) is 0 Å². The van der Waals surface area contributed by atoms with Crippen LogP contribution >= 0.6 is 24.0 Å². The van der Waals surface area contributed by atoms with E-state index in [9.17, 15) is 0 Å². The summed E-state index contributed by atoms with van der Waals surface area (Å²) in [6.07, 6.45) is 2.00. The predicted octanol–water partition coefficient (Wildman–Crippen LogP) is 2.08. The van der Waals surface area contributed by atoms with Gasteiger partial charge in [0.05, 0.1) is 31.0 Å². The molecule has 152 valence electrons. The second kappa shape index (κ2) is 10.2. The fourth-order valence-electron chi connectivity index (χ4n) is 3.90. The Labute approximate surface area is 183 Å². The van der Waals surface area contributed by atoms with E-state index in [1.165, 1.54) is 5.56 Å². The first-order valence-corrected chi connectivity index (χ1v) is 9.74. The predicted molar refractivity (Wildman–Crippen MR) is 121 cm³/mol. The van der Waals surface area contributed by atoms with Gasteiger partial charge in [-0.3, -0.25) is 10.00 Å². The number of H-pyrrole nitrogens is 1. The lowest BCUT2D eigenvalue weighted by atomic mass is 10.1. The number of hydrogen-bond acceptors (Lipinski definition) is 4. The molecular formula is C20H29IN6O. The molecule has 2 atom stereocenters. The summed E-state index contributed by atoms with van der Waals surface area (Å²) in [5.74, 6) is 0.949. The van der Waals surface area contributed by atoms with Gasteiger partial charge in [-0.15, -0.1) is 24.0 Å². The average molecular weight is 496 g/mol. The van der Waals surface area contributed by atoms with Gasteiger partial charge in [0.1, 0.15) is 0 Å². The average Bonchev–Trinajstić information content (AvgIpc) is 3.36. The maximum atomic E-state index is 6.10. The van der Waals surface area contributed by atoms with E-state index in [0.29, 0.717) is 12.6 Å². The first kappa shape index (κ1) is 21.1. The first-order valence-electron chi connectivity index (χ1n) is 9.74. The van der Waals surface area contributed by atoms with Crippen molar-refractivity contribution in [3.05, 3.63) is 53.9 Å². The molecule has 1 aromatic carbocycles. The number of halogens is 1. The largest absolute Gasteiger partial charge is 0.373 e. The van der Waals surface area contributed by atoms with E-state index in [1.807, 2.05) is 6.07 Å². The van der Waals surface area contributed by atoms with Crippen molar-refractivity contribution in [1.82, 2.24) is 25.3 Å². The summed E-state index contributed by atoms with van der Waals surface area (Å²) in [4.78, 5) is 9.68. The van der Waals surface area contributed by atoms with Gasteiger partial charge < -0.3 is 15.0 Å². The number of fused-ring (bicyclic) bond motifs is 1. The van der Waals surface area contributed by atoms with Crippen molar-refractivity contribution in [2.45, 2.75) is 32.2 Å². The number of rotatable bonds is 5. The minimum atomic E-state index is 0. The van der Waals surface area contributed by atoms with Crippen LogP contribution in [0.4, 0.5) is 0 Å². The quantitative estimate of drug-likeness (QED) is 0.377. The van der Waals surface area contributed by atoms with Gasteiger partial charge in [0, 0.05) is 38.9 Å². The Hall–Kier alpha value is -1.65. The van der Waals surface area contributed by atoms with E-state index >= 15 is 0 Å². The molecular weight excluding hydrogens is 467 g/mol. The van der Waals surface area contributed by atoms with Crippen molar-refractivity contribution in [3.63, 3.8) is 0 Å². The molecule has 4 rings (SSSR count). The maximum absolute atomic E-state index is 6.10. The zero-order valence-corrected chi connectivity index (χ0v) is 18.6. The molecule has 3 heterocycles. The van der Waals surface area contributed by atoms with Crippen molar-refractivity contribution in [1.29, 1.82) is 0 Å². The van der Waals surface area contributed by atoms with Crippen LogP contribution < -0.4 is 5.32 Å². The summed E-state index contributed by atoms with van der Waals surface area (Å²) in [6.45, 7) is 8.12. The smallest absolute Gasteiger partial charge is 0.194 e. The highest BCUT2D eigenvalue weighted by molar-refractivity contribution is 14.0. The monoisotopic (exact) mass is 496 g/mol. The van der Waals surface area contributed by atoms with Gasteiger partial charge >= 0.3 is 0 Å². The number of likely N-dealkylation sites (tertiary alicyclic amines) is 1. The standard InChI is InChI=1S/C20H28N6O.HI/c1-2-21-20(22-12-17-8-9-23-24-17)26-14-18-19(15-26)27-11-10-25(18)13-16-6-4-3-5-7-16;/h3-9,18-19H,2,10-15H2,1H3,(H,21,22)(H,23,24);1H. The fourth-order valence-corrected chi connectivity index (χ4v) is 3.90. The van der Waals surface area contributed by atoms with Crippen molar-refractivity contribution in [2.24, 2.45) is 4.99 Å². The van der Waals surface area contributed by atoms with Gasteiger partial charge in [-0.1, -0.05) is 30.3 Å². The zero-order chi connectivity index (χ0) is 18.5. The molecule has 2 N–H and O–H groups in total. The lowest BCUT2D eigenvalue weighted by molar-refractivity contribution is -0.0502. The van der Waals surface area contributed by atoms with Gasteiger partial charge in [-0.25, -0.2) is 4.99 Å². The summed E-state index contributed by atoms with van der Waals surface area (Å²) >= 11 is 0. The number of hydrogen-bond donors (Lipinski definition) is 2. The molecule has 2 unspecified atom stereocenters. The number of aromatic amines is 1. The SMILES string of the molecule is CCNC(=NCc1ccn[nH]1)N1CC2OCCN(Cc3ccccc3)C2C1.I. The normalized spacial score (nSPS) is 22.6. The molecule has 2 fully saturated rings. The number of aliphatic imine (C=N–C) groups is 1.